The first-order valence-electron chi connectivity index (χ1n) is 6.52. The Bertz CT molecular complexity index is 742. The van der Waals surface area contributed by atoms with E-state index in [1.807, 2.05) is 10.9 Å². The summed E-state index contributed by atoms with van der Waals surface area (Å²) >= 11 is 0. The molecular formula is C17H15FN2. The number of aromatic nitrogens is 2. The quantitative estimate of drug-likeness (QED) is 0.676. The molecule has 1 aromatic heterocycles. The fraction of sp³-hybridized carbons (Fsp3) is 0.118. The zero-order valence-electron chi connectivity index (χ0n) is 11.5. The highest BCUT2D eigenvalue weighted by Crippen LogP contribution is 2.22. The molecule has 100 valence electrons. The predicted octanol–water partition coefficient (Wildman–Crippen LogP) is 4.30. The van der Waals surface area contributed by atoms with Gasteiger partial charge in [0.05, 0.1) is 11.9 Å². The van der Waals surface area contributed by atoms with Gasteiger partial charge in [-0.3, -0.25) is 0 Å². The summed E-state index contributed by atoms with van der Waals surface area (Å²) in [6, 6.07) is 12.7. The fourth-order valence-electron chi connectivity index (χ4n) is 2.21. The maximum absolute atomic E-state index is 12.9. The van der Waals surface area contributed by atoms with Crippen LogP contribution in [0.2, 0.25) is 0 Å². The highest BCUT2D eigenvalue weighted by Gasteiger charge is 2.06. The van der Waals surface area contributed by atoms with Crippen LogP contribution in [-0.4, -0.2) is 9.78 Å². The van der Waals surface area contributed by atoms with Crippen molar-refractivity contribution in [2.24, 2.45) is 0 Å². The number of hydrogen-bond acceptors (Lipinski definition) is 1. The molecule has 0 saturated carbocycles. The van der Waals surface area contributed by atoms with E-state index in [9.17, 15) is 4.39 Å². The van der Waals surface area contributed by atoms with E-state index in [1.165, 1.54) is 23.3 Å². The largest absolute Gasteiger partial charge is 0.240 e. The van der Waals surface area contributed by atoms with E-state index < -0.39 is 0 Å². The van der Waals surface area contributed by atoms with E-state index >= 15 is 0 Å². The number of hydrogen-bond donors (Lipinski definition) is 0. The molecule has 0 aliphatic heterocycles. The van der Waals surface area contributed by atoms with E-state index in [4.69, 9.17) is 0 Å². The topological polar surface area (TPSA) is 17.8 Å². The van der Waals surface area contributed by atoms with Crippen molar-refractivity contribution in [2.75, 3.05) is 0 Å². The summed E-state index contributed by atoms with van der Waals surface area (Å²) in [7, 11) is 0. The van der Waals surface area contributed by atoms with Gasteiger partial charge in [0.15, 0.2) is 0 Å². The zero-order chi connectivity index (χ0) is 14.1. The average molecular weight is 266 g/mol. The summed E-state index contributed by atoms with van der Waals surface area (Å²) in [6.07, 6.45) is 3.77. The number of halogens is 1. The van der Waals surface area contributed by atoms with Crippen molar-refractivity contribution in [1.82, 2.24) is 9.78 Å². The predicted molar refractivity (Wildman–Crippen MR) is 78.4 cm³/mol. The van der Waals surface area contributed by atoms with Crippen molar-refractivity contribution < 1.29 is 4.39 Å². The molecule has 0 unspecified atom stereocenters. The monoisotopic (exact) mass is 266 g/mol. The second-order valence-electron chi connectivity index (χ2n) is 4.97. The Morgan fingerprint density at radius 1 is 0.950 bits per heavy atom. The number of rotatable bonds is 2. The highest BCUT2D eigenvalue weighted by molar-refractivity contribution is 5.62. The first-order chi connectivity index (χ1) is 9.63. The van der Waals surface area contributed by atoms with Crippen LogP contribution in [0.1, 0.15) is 11.1 Å². The van der Waals surface area contributed by atoms with Gasteiger partial charge >= 0.3 is 0 Å². The van der Waals surface area contributed by atoms with Gasteiger partial charge in [0.1, 0.15) is 5.82 Å². The van der Waals surface area contributed by atoms with E-state index in [0.29, 0.717) is 0 Å². The third-order valence-electron chi connectivity index (χ3n) is 3.37. The van der Waals surface area contributed by atoms with Crippen LogP contribution in [0.4, 0.5) is 4.39 Å². The lowest BCUT2D eigenvalue weighted by Gasteiger charge is -2.06. The second-order valence-corrected chi connectivity index (χ2v) is 4.97. The van der Waals surface area contributed by atoms with Crippen molar-refractivity contribution in [3.8, 4) is 16.8 Å². The summed E-state index contributed by atoms with van der Waals surface area (Å²) < 4.78 is 14.8. The first kappa shape index (κ1) is 12.6. The summed E-state index contributed by atoms with van der Waals surface area (Å²) in [4.78, 5) is 0. The van der Waals surface area contributed by atoms with Gasteiger partial charge in [-0.1, -0.05) is 24.3 Å². The number of aryl methyl sites for hydroxylation is 2. The summed E-state index contributed by atoms with van der Waals surface area (Å²) in [5.41, 5.74) is 5.38. The minimum absolute atomic E-state index is 0.226. The van der Waals surface area contributed by atoms with E-state index in [2.05, 4.69) is 37.1 Å². The molecule has 1 heterocycles. The maximum Gasteiger partial charge on any atom is 0.123 e. The SMILES string of the molecule is Cc1ccc(C)c(-n2cc(-c3ccc(F)cc3)cn2)c1. The molecule has 0 amide bonds. The molecule has 0 spiro atoms. The molecular weight excluding hydrogens is 251 g/mol. The molecule has 3 aromatic rings. The van der Waals surface area contributed by atoms with Crippen LogP contribution in [0.5, 0.6) is 0 Å². The molecule has 3 heteroatoms. The van der Waals surface area contributed by atoms with Crippen molar-refractivity contribution in [1.29, 1.82) is 0 Å². The van der Waals surface area contributed by atoms with Crippen molar-refractivity contribution in [3.63, 3.8) is 0 Å². The van der Waals surface area contributed by atoms with Gasteiger partial charge in [-0.2, -0.15) is 5.10 Å². The standard InChI is InChI=1S/C17H15FN2/c1-12-3-4-13(2)17(9-12)20-11-15(10-19-20)14-5-7-16(18)8-6-14/h3-11H,1-2H3. The molecule has 0 radical (unpaired) electrons. The Morgan fingerprint density at radius 2 is 1.70 bits per heavy atom. The molecule has 0 fully saturated rings. The molecule has 0 aliphatic carbocycles. The fourth-order valence-corrected chi connectivity index (χ4v) is 2.21. The smallest absolute Gasteiger partial charge is 0.123 e. The average Bonchev–Trinajstić information content (AvgIpc) is 2.92. The first-order valence-corrected chi connectivity index (χ1v) is 6.52. The molecule has 2 nitrogen and oxygen atoms in total. The Balaban J connectivity index is 2.01. The molecule has 0 N–H and O–H groups in total. The van der Waals surface area contributed by atoms with Crippen molar-refractivity contribution >= 4 is 0 Å². The lowest BCUT2D eigenvalue weighted by atomic mass is 10.1. The molecule has 0 saturated heterocycles. The van der Waals surface area contributed by atoms with Gasteiger partial charge in [-0.15, -0.1) is 0 Å². The Kier molecular flexibility index (Phi) is 3.11. The summed E-state index contributed by atoms with van der Waals surface area (Å²) in [6.45, 7) is 4.13. The van der Waals surface area contributed by atoms with Crippen LogP contribution in [-0.2, 0) is 0 Å². The summed E-state index contributed by atoms with van der Waals surface area (Å²) in [5.74, 6) is -0.226. The number of nitrogens with zero attached hydrogens (tertiary/aromatic N) is 2. The lowest BCUT2D eigenvalue weighted by molar-refractivity contribution is 0.628. The lowest BCUT2D eigenvalue weighted by Crippen LogP contribution is -1.97. The normalized spacial score (nSPS) is 10.8. The van der Waals surface area contributed by atoms with Crippen molar-refractivity contribution in [3.05, 3.63) is 71.8 Å². The van der Waals surface area contributed by atoms with Gasteiger partial charge in [-0.25, -0.2) is 9.07 Å². The van der Waals surface area contributed by atoms with Gasteiger partial charge in [0.25, 0.3) is 0 Å². The van der Waals surface area contributed by atoms with Gasteiger partial charge in [0, 0.05) is 11.8 Å². The molecule has 0 aliphatic rings. The van der Waals surface area contributed by atoms with Crippen LogP contribution < -0.4 is 0 Å². The van der Waals surface area contributed by atoms with E-state index in [0.717, 1.165) is 16.8 Å². The van der Waals surface area contributed by atoms with Crippen LogP contribution in [0.3, 0.4) is 0 Å². The molecule has 2 aromatic carbocycles. The van der Waals surface area contributed by atoms with Gasteiger partial charge in [0.2, 0.25) is 0 Å². The van der Waals surface area contributed by atoms with Crippen LogP contribution >= 0.6 is 0 Å². The zero-order valence-corrected chi connectivity index (χ0v) is 11.5. The molecule has 3 rings (SSSR count). The van der Waals surface area contributed by atoms with Gasteiger partial charge in [-0.05, 0) is 48.7 Å². The van der Waals surface area contributed by atoms with E-state index in [-0.39, 0.29) is 5.82 Å². The van der Waals surface area contributed by atoms with Gasteiger partial charge < -0.3 is 0 Å². The number of benzene rings is 2. The minimum atomic E-state index is -0.226. The van der Waals surface area contributed by atoms with Crippen LogP contribution in [0, 0.1) is 19.7 Å². The Hall–Kier alpha value is -2.42. The third kappa shape index (κ3) is 2.35. The molecule has 20 heavy (non-hydrogen) atoms. The third-order valence-corrected chi connectivity index (χ3v) is 3.37. The Labute approximate surface area is 117 Å². The second kappa shape index (κ2) is 4.93. The van der Waals surface area contributed by atoms with E-state index in [1.54, 1.807) is 18.3 Å². The van der Waals surface area contributed by atoms with Crippen LogP contribution in [0.25, 0.3) is 16.8 Å². The minimum Gasteiger partial charge on any atom is -0.240 e. The maximum atomic E-state index is 12.9. The summed E-state index contributed by atoms with van der Waals surface area (Å²) in [5, 5.41) is 4.41. The highest BCUT2D eigenvalue weighted by atomic mass is 19.1. The van der Waals surface area contributed by atoms with Crippen LogP contribution in [0.15, 0.2) is 54.9 Å². The molecule has 0 bridgehead atoms. The van der Waals surface area contributed by atoms with Crippen molar-refractivity contribution in [2.45, 2.75) is 13.8 Å². The molecule has 0 atom stereocenters. The Morgan fingerprint density at radius 3 is 2.45 bits per heavy atom.